The van der Waals surface area contributed by atoms with Crippen molar-refractivity contribution < 1.29 is 9.18 Å². The normalized spacial score (nSPS) is 21.4. The van der Waals surface area contributed by atoms with Crippen LogP contribution in [0.3, 0.4) is 0 Å². The maximum Gasteiger partial charge on any atom is 0.241 e. The predicted molar refractivity (Wildman–Crippen MR) is 82.4 cm³/mol. The summed E-state index contributed by atoms with van der Waals surface area (Å²) in [6.07, 6.45) is 0. The second-order valence-electron chi connectivity index (χ2n) is 5.07. The van der Waals surface area contributed by atoms with Gasteiger partial charge in [0.2, 0.25) is 5.91 Å². The Kier molecular flexibility index (Phi) is 4.88. The highest BCUT2D eigenvalue weighted by atomic mass is 32.2. The monoisotopic (exact) mass is 297 g/mol. The maximum absolute atomic E-state index is 13.0. The first kappa shape index (κ1) is 15.1. The van der Waals surface area contributed by atoms with Gasteiger partial charge in [-0.15, -0.1) is 0 Å². The number of nitrogens with two attached hydrogens (primary N) is 1. The van der Waals surface area contributed by atoms with Crippen molar-refractivity contribution in [1.29, 1.82) is 0 Å². The summed E-state index contributed by atoms with van der Waals surface area (Å²) >= 11 is 1.92. The minimum Gasteiger partial charge on any atom is -0.397 e. The van der Waals surface area contributed by atoms with E-state index in [4.69, 9.17) is 5.73 Å². The number of hydrogen-bond acceptors (Lipinski definition) is 4. The summed E-state index contributed by atoms with van der Waals surface area (Å²) in [6.45, 7) is 5.86. The number of halogens is 1. The number of anilines is 2. The molecule has 2 rings (SSSR count). The first-order valence-electron chi connectivity index (χ1n) is 6.69. The summed E-state index contributed by atoms with van der Waals surface area (Å²) < 4.78 is 13.0. The Morgan fingerprint density at radius 1 is 1.60 bits per heavy atom. The third-order valence-corrected chi connectivity index (χ3v) is 4.61. The van der Waals surface area contributed by atoms with Crippen LogP contribution in [0, 0.1) is 5.82 Å². The fourth-order valence-electron chi connectivity index (χ4n) is 2.25. The van der Waals surface area contributed by atoms with Crippen molar-refractivity contribution in [2.24, 2.45) is 0 Å². The molecule has 2 unspecified atom stereocenters. The van der Waals surface area contributed by atoms with Crippen molar-refractivity contribution in [1.82, 2.24) is 4.90 Å². The summed E-state index contributed by atoms with van der Waals surface area (Å²) in [4.78, 5) is 14.4. The lowest BCUT2D eigenvalue weighted by atomic mass is 10.2. The van der Waals surface area contributed by atoms with E-state index in [-0.39, 0.29) is 17.6 Å². The molecule has 1 aromatic carbocycles. The fourth-order valence-corrected chi connectivity index (χ4v) is 3.29. The third-order valence-electron chi connectivity index (χ3n) is 3.47. The molecule has 20 heavy (non-hydrogen) atoms. The molecular weight excluding hydrogens is 277 g/mol. The molecule has 1 saturated heterocycles. The van der Waals surface area contributed by atoms with Crippen molar-refractivity contribution in [3.05, 3.63) is 24.0 Å². The van der Waals surface area contributed by atoms with Gasteiger partial charge in [-0.1, -0.05) is 6.92 Å². The van der Waals surface area contributed by atoms with Crippen LogP contribution in [0.4, 0.5) is 15.8 Å². The van der Waals surface area contributed by atoms with Crippen LogP contribution in [0.5, 0.6) is 0 Å². The number of nitrogens with one attached hydrogen (secondary N) is 1. The lowest BCUT2D eigenvalue weighted by Crippen LogP contribution is -2.47. The van der Waals surface area contributed by atoms with Crippen LogP contribution in [-0.4, -0.2) is 40.9 Å². The molecule has 1 aromatic rings. The number of hydrogen-bond donors (Lipinski definition) is 2. The topological polar surface area (TPSA) is 58.4 Å². The number of thioether (sulfide) groups is 1. The van der Waals surface area contributed by atoms with Gasteiger partial charge >= 0.3 is 0 Å². The summed E-state index contributed by atoms with van der Waals surface area (Å²) in [6, 6.07) is 3.77. The zero-order valence-electron chi connectivity index (χ0n) is 11.7. The highest BCUT2D eigenvalue weighted by Gasteiger charge is 2.26. The number of benzene rings is 1. The quantitative estimate of drug-likeness (QED) is 0.840. The molecule has 3 N–H and O–H groups in total. The molecule has 0 saturated carbocycles. The maximum atomic E-state index is 13.0. The zero-order chi connectivity index (χ0) is 14.7. The van der Waals surface area contributed by atoms with Gasteiger partial charge in [0.1, 0.15) is 5.82 Å². The van der Waals surface area contributed by atoms with Gasteiger partial charge in [0.15, 0.2) is 0 Å². The predicted octanol–water partition coefficient (Wildman–Crippen LogP) is 2.17. The molecule has 0 spiro atoms. The number of amides is 1. The molecule has 0 bridgehead atoms. The highest BCUT2D eigenvalue weighted by Crippen LogP contribution is 2.22. The molecule has 0 aromatic heterocycles. The van der Waals surface area contributed by atoms with Gasteiger partial charge in [0.25, 0.3) is 0 Å². The molecular formula is C14H20FN3OS. The van der Waals surface area contributed by atoms with E-state index in [1.165, 1.54) is 18.2 Å². The van der Waals surface area contributed by atoms with Gasteiger partial charge in [-0.3, -0.25) is 9.69 Å². The minimum absolute atomic E-state index is 0.109. The Labute approximate surface area is 122 Å². The highest BCUT2D eigenvalue weighted by molar-refractivity contribution is 7.99. The van der Waals surface area contributed by atoms with Crippen molar-refractivity contribution in [3.8, 4) is 0 Å². The van der Waals surface area contributed by atoms with Crippen LogP contribution >= 0.6 is 11.8 Å². The summed E-state index contributed by atoms with van der Waals surface area (Å²) in [5, 5.41) is 3.31. The van der Waals surface area contributed by atoms with Crippen LogP contribution < -0.4 is 11.1 Å². The molecule has 1 heterocycles. The van der Waals surface area contributed by atoms with Crippen molar-refractivity contribution >= 4 is 29.0 Å². The first-order chi connectivity index (χ1) is 9.47. The van der Waals surface area contributed by atoms with Crippen LogP contribution in [0.15, 0.2) is 18.2 Å². The van der Waals surface area contributed by atoms with Gasteiger partial charge < -0.3 is 11.1 Å². The number of nitrogen functional groups attached to an aromatic ring is 1. The molecule has 110 valence electrons. The van der Waals surface area contributed by atoms with Crippen molar-refractivity contribution in [2.75, 3.05) is 29.9 Å². The number of carbonyl (C=O) groups excluding carboxylic acids is 1. The molecule has 0 radical (unpaired) electrons. The van der Waals surface area contributed by atoms with E-state index in [9.17, 15) is 9.18 Å². The van der Waals surface area contributed by atoms with E-state index in [1.54, 1.807) is 0 Å². The lowest BCUT2D eigenvalue weighted by Gasteiger charge is -2.34. The largest absolute Gasteiger partial charge is 0.397 e. The van der Waals surface area contributed by atoms with E-state index in [0.29, 0.717) is 10.9 Å². The van der Waals surface area contributed by atoms with Crippen LogP contribution in [0.1, 0.15) is 13.8 Å². The summed E-state index contributed by atoms with van der Waals surface area (Å²) in [5.41, 5.74) is 6.40. The van der Waals surface area contributed by atoms with Crippen molar-refractivity contribution in [2.45, 2.75) is 25.1 Å². The van der Waals surface area contributed by atoms with E-state index in [0.717, 1.165) is 18.8 Å². The van der Waals surface area contributed by atoms with E-state index in [1.807, 2.05) is 18.7 Å². The minimum atomic E-state index is -0.407. The summed E-state index contributed by atoms with van der Waals surface area (Å²) in [7, 11) is 0. The molecule has 4 nitrogen and oxygen atoms in total. The van der Waals surface area contributed by atoms with Gasteiger partial charge in [-0.05, 0) is 25.1 Å². The van der Waals surface area contributed by atoms with Crippen LogP contribution in [-0.2, 0) is 4.79 Å². The molecule has 1 amide bonds. The molecule has 1 aliphatic heterocycles. The van der Waals surface area contributed by atoms with Gasteiger partial charge in [-0.2, -0.15) is 11.8 Å². The zero-order valence-corrected chi connectivity index (χ0v) is 12.5. The number of carbonyl (C=O) groups is 1. The van der Waals surface area contributed by atoms with Gasteiger partial charge in [0, 0.05) is 24.1 Å². The lowest BCUT2D eigenvalue weighted by molar-refractivity contribution is -0.120. The van der Waals surface area contributed by atoms with E-state index in [2.05, 4.69) is 17.1 Å². The average molecular weight is 297 g/mol. The first-order valence-corrected chi connectivity index (χ1v) is 7.74. The average Bonchev–Trinajstić information content (AvgIpc) is 2.41. The van der Waals surface area contributed by atoms with Crippen LogP contribution in [0.25, 0.3) is 0 Å². The molecule has 6 heteroatoms. The van der Waals surface area contributed by atoms with E-state index < -0.39 is 5.82 Å². The SMILES string of the molecule is CC1CN(C(C)C(=O)Nc2ccc(F)cc2N)CCS1. The fraction of sp³-hybridized carbons (Fsp3) is 0.500. The second kappa shape index (κ2) is 6.45. The Balaban J connectivity index is 2.00. The van der Waals surface area contributed by atoms with Gasteiger partial charge in [-0.25, -0.2) is 4.39 Å². The Morgan fingerprint density at radius 3 is 3.00 bits per heavy atom. The Morgan fingerprint density at radius 2 is 2.35 bits per heavy atom. The van der Waals surface area contributed by atoms with Gasteiger partial charge in [0.05, 0.1) is 17.4 Å². The molecule has 2 atom stereocenters. The van der Waals surface area contributed by atoms with Crippen LogP contribution in [0.2, 0.25) is 0 Å². The Hall–Kier alpha value is -1.27. The Bertz CT molecular complexity index is 497. The molecule has 1 fully saturated rings. The molecule has 0 aliphatic carbocycles. The smallest absolute Gasteiger partial charge is 0.241 e. The number of nitrogens with zero attached hydrogens (tertiary/aromatic N) is 1. The number of rotatable bonds is 3. The molecule has 1 aliphatic rings. The van der Waals surface area contributed by atoms with E-state index >= 15 is 0 Å². The standard InChI is InChI=1S/C14H20FN3OS/c1-9-8-18(5-6-20-9)10(2)14(19)17-13-4-3-11(15)7-12(13)16/h3-4,7,9-10H,5-6,8,16H2,1-2H3,(H,17,19). The summed E-state index contributed by atoms with van der Waals surface area (Å²) in [5.74, 6) is 0.523. The third kappa shape index (κ3) is 3.64. The second-order valence-corrected chi connectivity index (χ2v) is 6.62. The van der Waals surface area contributed by atoms with Crippen molar-refractivity contribution in [3.63, 3.8) is 0 Å².